The molecule has 2 nitrogen and oxygen atoms in total. The summed E-state index contributed by atoms with van der Waals surface area (Å²) in [5, 5.41) is 11.7. The van der Waals surface area contributed by atoms with Gasteiger partial charge in [0.15, 0.2) is 0 Å². The van der Waals surface area contributed by atoms with E-state index in [0.717, 1.165) is 16.2 Å². The Morgan fingerprint density at radius 1 is 1.14 bits per heavy atom. The maximum atomic E-state index is 10.5. The second-order valence-electron chi connectivity index (χ2n) is 5.22. The molecule has 108 valence electrons. The van der Waals surface area contributed by atoms with Crippen molar-refractivity contribution in [3.8, 4) is 5.75 Å². The van der Waals surface area contributed by atoms with Gasteiger partial charge in [0.2, 0.25) is 0 Å². The number of rotatable bonds is 4. The van der Waals surface area contributed by atoms with Crippen LogP contribution in [0.15, 0.2) is 48.5 Å². The number of aliphatic hydroxyl groups excluding tert-OH is 1. The minimum Gasteiger partial charge on any atom is -0.496 e. The second kappa shape index (κ2) is 5.88. The lowest BCUT2D eigenvalue weighted by Gasteiger charge is -2.13. The van der Waals surface area contributed by atoms with Crippen molar-refractivity contribution >= 4 is 21.4 Å². The minimum atomic E-state index is -0.502. The van der Waals surface area contributed by atoms with E-state index in [1.807, 2.05) is 24.3 Å². The van der Waals surface area contributed by atoms with E-state index in [9.17, 15) is 5.11 Å². The first kappa shape index (κ1) is 14.1. The second-order valence-corrected chi connectivity index (χ2v) is 6.34. The average Bonchev–Trinajstić information content (AvgIpc) is 2.91. The van der Waals surface area contributed by atoms with E-state index < -0.39 is 6.10 Å². The Labute approximate surface area is 128 Å². The fourth-order valence-corrected chi connectivity index (χ4v) is 3.59. The van der Waals surface area contributed by atoms with Crippen LogP contribution in [-0.4, -0.2) is 12.2 Å². The zero-order chi connectivity index (χ0) is 14.8. The van der Waals surface area contributed by atoms with Crippen LogP contribution in [0.2, 0.25) is 0 Å². The molecule has 0 aliphatic carbocycles. The number of hydrogen-bond donors (Lipinski definition) is 1. The number of thiophene rings is 1. The Balaban J connectivity index is 1.89. The fraction of sp³-hybridized carbons (Fsp3) is 0.222. The van der Waals surface area contributed by atoms with Crippen molar-refractivity contribution in [2.75, 3.05) is 7.11 Å². The molecule has 1 unspecified atom stereocenters. The molecule has 1 heterocycles. The summed E-state index contributed by atoms with van der Waals surface area (Å²) in [4.78, 5) is 1.000. The van der Waals surface area contributed by atoms with Gasteiger partial charge >= 0.3 is 0 Å². The Morgan fingerprint density at radius 3 is 2.71 bits per heavy atom. The van der Waals surface area contributed by atoms with Crippen LogP contribution in [0.1, 0.15) is 22.1 Å². The van der Waals surface area contributed by atoms with Crippen molar-refractivity contribution in [2.45, 2.75) is 19.4 Å². The lowest BCUT2D eigenvalue weighted by atomic mass is 10.0. The minimum absolute atomic E-state index is 0.502. The van der Waals surface area contributed by atoms with Gasteiger partial charge in [0.05, 0.1) is 13.2 Å². The molecular formula is C18H18O2S. The monoisotopic (exact) mass is 298 g/mol. The van der Waals surface area contributed by atoms with E-state index in [0.29, 0.717) is 6.42 Å². The van der Waals surface area contributed by atoms with E-state index >= 15 is 0 Å². The molecule has 0 aliphatic heterocycles. The highest BCUT2D eigenvalue weighted by Crippen LogP contribution is 2.33. The maximum absolute atomic E-state index is 10.5. The lowest BCUT2D eigenvalue weighted by molar-refractivity contribution is 0.181. The molecule has 0 spiro atoms. The zero-order valence-corrected chi connectivity index (χ0v) is 13.0. The number of fused-ring (bicyclic) bond motifs is 1. The van der Waals surface area contributed by atoms with Gasteiger partial charge < -0.3 is 9.84 Å². The topological polar surface area (TPSA) is 29.5 Å². The summed E-state index contributed by atoms with van der Waals surface area (Å²) < 4.78 is 6.60. The van der Waals surface area contributed by atoms with Gasteiger partial charge in [0.1, 0.15) is 5.75 Å². The molecule has 21 heavy (non-hydrogen) atoms. The highest BCUT2D eigenvalue weighted by atomic mass is 32.1. The molecule has 1 N–H and O–H groups in total. The molecule has 0 amide bonds. The molecular weight excluding hydrogens is 280 g/mol. The maximum Gasteiger partial charge on any atom is 0.122 e. The van der Waals surface area contributed by atoms with Gasteiger partial charge in [0.25, 0.3) is 0 Å². The molecule has 1 atom stereocenters. The van der Waals surface area contributed by atoms with E-state index in [1.54, 1.807) is 18.4 Å². The number of benzene rings is 2. The molecule has 0 saturated heterocycles. The summed E-state index contributed by atoms with van der Waals surface area (Å²) in [5.41, 5.74) is 2.22. The SMILES string of the molecule is COc1ccc(C)cc1CC(O)c1cc2ccccc2s1. The van der Waals surface area contributed by atoms with Crippen LogP contribution in [0.3, 0.4) is 0 Å². The van der Waals surface area contributed by atoms with Crippen molar-refractivity contribution in [1.29, 1.82) is 0 Å². The van der Waals surface area contributed by atoms with Gasteiger partial charge in [-0.25, -0.2) is 0 Å². The number of methoxy groups -OCH3 is 1. The first-order valence-corrected chi connectivity index (χ1v) is 7.79. The molecule has 0 saturated carbocycles. The molecule has 0 bridgehead atoms. The average molecular weight is 298 g/mol. The third-order valence-corrected chi connectivity index (χ3v) is 4.84. The summed E-state index contributed by atoms with van der Waals surface area (Å²) in [6, 6.07) is 16.4. The van der Waals surface area contributed by atoms with Gasteiger partial charge in [-0.05, 0) is 36.1 Å². The van der Waals surface area contributed by atoms with Crippen molar-refractivity contribution in [1.82, 2.24) is 0 Å². The van der Waals surface area contributed by atoms with Crippen molar-refractivity contribution in [3.63, 3.8) is 0 Å². The number of hydrogen-bond acceptors (Lipinski definition) is 3. The standard InChI is InChI=1S/C18H18O2S/c1-12-7-8-16(20-2)14(9-12)10-15(19)18-11-13-5-3-4-6-17(13)21-18/h3-9,11,15,19H,10H2,1-2H3. The molecule has 1 aromatic heterocycles. The van der Waals surface area contributed by atoms with Gasteiger partial charge in [0, 0.05) is 16.0 Å². The van der Waals surface area contributed by atoms with Crippen molar-refractivity contribution in [2.24, 2.45) is 0 Å². The van der Waals surface area contributed by atoms with Gasteiger partial charge in [-0.15, -0.1) is 11.3 Å². The molecule has 3 rings (SSSR count). The molecule has 0 fully saturated rings. The first-order chi connectivity index (χ1) is 10.2. The van der Waals surface area contributed by atoms with Crippen LogP contribution in [0.25, 0.3) is 10.1 Å². The summed E-state index contributed by atoms with van der Waals surface area (Å²) >= 11 is 1.65. The number of aryl methyl sites for hydroxylation is 1. The highest BCUT2D eigenvalue weighted by molar-refractivity contribution is 7.19. The summed E-state index contributed by atoms with van der Waals surface area (Å²) in [6.07, 6.45) is 0.0654. The smallest absolute Gasteiger partial charge is 0.122 e. The van der Waals surface area contributed by atoms with Gasteiger partial charge in [-0.1, -0.05) is 35.9 Å². The van der Waals surface area contributed by atoms with Crippen LogP contribution in [0, 0.1) is 6.92 Å². The van der Waals surface area contributed by atoms with Crippen LogP contribution in [-0.2, 0) is 6.42 Å². The molecule has 0 aliphatic rings. The summed E-state index contributed by atoms with van der Waals surface area (Å²) in [5.74, 6) is 0.834. The van der Waals surface area contributed by atoms with E-state index in [4.69, 9.17) is 4.74 Å². The Kier molecular flexibility index (Phi) is 3.95. The molecule has 3 aromatic rings. The summed E-state index contributed by atoms with van der Waals surface area (Å²) in [7, 11) is 1.67. The first-order valence-electron chi connectivity index (χ1n) is 6.97. The van der Waals surface area contributed by atoms with Gasteiger partial charge in [-0.3, -0.25) is 0 Å². The fourth-order valence-electron chi connectivity index (χ4n) is 2.54. The van der Waals surface area contributed by atoms with Crippen molar-refractivity contribution < 1.29 is 9.84 Å². The zero-order valence-electron chi connectivity index (χ0n) is 12.2. The Morgan fingerprint density at radius 2 is 1.95 bits per heavy atom. The molecule has 3 heteroatoms. The van der Waals surface area contributed by atoms with Crippen LogP contribution < -0.4 is 4.74 Å². The lowest BCUT2D eigenvalue weighted by Crippen LogP contribution is -2.02. The molecule has 2 aromatic carbocycles. The molecule has 0 radical (unpaired) electrons. The van der Waals surface area contributed by atoms with E-state index in [2.05, 4.69) is 31.2 Å². The highest BCUT2D eigenvalue weighted by Gasteiger charge is 2.14. The Hall–Kier alpha value is -1.84. The largest absolute Gasteiger partial charge is 0.496 e. The van der Waals surface area contributed by atoms with E-state index in [1.165, 1.54) is 15.6 Å². The van der Waals surface area contributed by atoms with Crippen LogP contribution >= 0.6 is 11.3 Å². The number of ether oxygens (including phenoxy) is 1. The Bertz CT molecular complexity index is 728. The van der Waals surface area contributed by atoms with Crippen LogP contribution in [0.4, 0.5) is 0 Å². The quantitative estimate of drug-likeness (QED) is 0.768. The number of aliphatic hydroxyl groups is 1. The third kappa shape index (κ3) is 2.94. The van der Waals surface area contributed by atoms with Crippen molar-refractivity contribution in [3.05, 3.63) is 64.5 Å². The van der Waals surface area contributed by atoms with Crippen LogP contribution in [0.5, 0.6) is 5.75 Å². The predicted molar refractivity (Wildman–Crippen MR) is 88.2 cm³/mol. The summed E-state index contributed by atoms with van der Waals surface area (Å²) in [6.45, 7) is 2.05. The van der Waals surface area contributed by atoms with E-state index in [-0.39, 0.29) is 0 Å². The predicted octanol–water partition coefficient (Wildman–Crippen LogP) is 4.49. The third-order valence-electron chi connectivity index (χ3n) is 3.62. The normalized spacial score (nSPS) is 12.5. The van der Waals surface area contributed by atoms with Gasteiger partial charge in [-0.2, -0.15) is 0 Å².